The van der Waals surface area contributed by atoms with Crippen molar-refractivity contribution in [3.63, 3.8) is 0 Å². The lowest BCUT2D eigenvalue weighted by atomic mass is 9.96. The Morgan fingerprint density at radius 3 is 2.78 bits per heavy atom. The second-order valence-electron chi connectivity index (χ2n) is 6.26. The van der Waals surface area contributed by atoms with E-state index < -0.39 is 0 Å². The van der Waals surface area contributed by atoms with Crippen LogP contribution < -0.4 is 10.6 Å². The molecular formula is C18H24N4S. The van der Waals surface area contributed by atoms with Crippen LogP contribution in [-0.4, -0.2) is 20.9 Å². The lowest BCUT2D eigenvalue weighted by Gasteiger charge is -2.24. The maximum Gasteiger partial charge on any atom is 0.172 e. The van der Waals surface area contributed by atoms with Gasteiger partial charge in [0.25, 0.3) is 0 Å². The maximum atomic E-state index is 5.41. The minimum atomic E-state index is 0.512. The molecule has 1 aromatic carbocycles. The molecule has 122 valence electrons. The average molecular weight is 328 g/mol. The Labute approximate surface area is 143 Å². The highest BCUT2D eigenvalue weighted by Crippen LogP contribution is 2.17. The first-order chi connectivity index (χ1) is 11.2. The Balaban J connectivity index is 1.54. The molecule has 1 aromatic heterocycles. The summed E-state index contributed by atoms with van der Waals surface area (Å²) in [5.41, 5.74) is 2.57. The van der Waals surface area contributed by atoms with Crippen LogP contribution in [0.15, 0.2) is 36.5 Å². The summed E-state index contributed by atoms with van der Waals surface area (Å²) in [6.07, 6.45) is 8.35. The number of thiocarbonyl (C=S) groups is 1. The highest BCUT2D eigenvalue weighted by Gasteiger charge is 2.14. The SMILES string of the molecule is Cc1ccccc1Cn1ccc(NC(=S)NC2CCCCC2)n1. The first-order valence-corrected chi connectivity index (χ1v) is 8.77. The Morgan fingerprint density at radius 2 is 2.00 bits per heavy atom. The molecule has 3 rings (SSSR count). The van der Waals surface area contributed by atoms with Crippen LogP contribution in [0, 0.1) is 6.92 Å². The minimum absolute atomic E-state index is 0.512. The van der Waals surface area contributed by atoms with E-state index >= 15 is 0 Å². The third kappa shape index (κ3) is 4.55. The van der Waals surface area contributed by atoms with Crippen LogP contribution in [0.25, 0.3) is 0 Å². The van der Waals surface area contributed by atoms with E-state index in [9.17, 15) is 0 Å². The van der Waals surface area contributed by atoms with E-state index in [1.807, 2.05) is 16.9 Å². The van der Waals surface area contributed by atoms with E-state index in [0.717, 1.165) is 12.4 Å². The molecule has 5 heteroatoms. The number of hydrogen-bond donors (Lipinski definition) is 2. The van der Waals surface area contributed by atoms with Crippen LogP contribution in [0.5, 0.6) is 0 Å². The zero-order valence-electron chi connectivity index (χ0n) is 13.6. The molecule has 1 aliphatic carbocycles. The van der Waals surface area contributed by atoms with Crippen LogP contribution >= 0.6 is 12.2 Å². The smallest absolute Gasteiger partial charge is 0.172 e. The summed E-state index contributed by atoms with van der Waals surface area (Å²) in [6.45, 7) is 2.90. The fourth-order valence-electron chi connectivity index (χ4n) is 3.06. The molecule has 4 nitrogen and oxygen atoms in total. The molecule has 0 amide bonds. The molecule has 23 heavy (non-hydrogen) atoms. The molecule has 2 N–H and O–H groups in total. The summed E-state index contributed by atoms with van der Waals surface area (Å²) in [6, 6.07) is 10.9. The van der Waals surface area contributed by atoms with Crippen molar-refractivity contribution in [1.29, 1.82) is 0 Å². The summed E-state index contributed by atoms with van der Waals surface area (Å²) >= 11 is 5.41. The van der Waals surface area contributed by atoms with E-state index in [1.54, 1.807) is 0 Å². The number of benzene rings is 1. The Bertz CT molecular complexity index is 659. The van der Waals surface area contributed by atoms with Crippen molar-refractivity contribution in [2.75, 3.05) is 5.32 Å². The van der Waals surface area contributed by atoms with Gasteiger partial charge in [-0.25, -0.2) is 0 Å². The highest BCUT2D eigenvalue weighted by molar-refractivity contribution is 7.80. The van der Waals surface area contributed by atoms with E-state index in [-0.39, 0.29) is 0 Å². The van der Waals surface area contributed by atoms with Crippen molar-refractivity contribution >= 4 is 23.1 Å². The predicted octanol–water partition coefficient (Wildman–Crippen LogP) is 3.86. The molecule has 0 aliphatic heterocycles. The molecule has 0 unspecified atom stereocenters. The molecule has 1 saturated carbocycles. The van der Waals surface area contributed by atoms with Gasteiger partial charge in [-0.1, -0.05) is 43.5 Å². The van der Waals surface area contributed by atoms with Crippen molar-refractivity contribution < 1.29 is 0 Å². The lowest BCUT2D eigenvalue weighted by Crippen LogP contribution is -2.38. The fraction of sp³-hybridized carbons (Fsp3) is 0.444. The van der Waals surface area contributed by atoms with E-state index in [2.05, 4.69) is 46.9 Å². The van der Waals surface area contributed by atoms with Gasteiger partial charge in [-0.3, -0.25) is 4.68 Å². The van der Waals surface area contributed by atoms with Gasteiger partial charge in [0.1, 0.15) is 0 Å². The van der Waals surface area contributed by atoms with Crippen LogP contribution in [0.1, 0.15) is 43.2 Å². The largest absolute Gasteiger partial charge is 0.360 e. The summed E-state index contributed by atoms with van der Waals surface area (Å²) < 4.78 is 1.94. The molecule has 0 radical (unpaired) electrons. The van der Waals surface area contributed by atoms with Crippen molar-refractivity contribution in [2.45, 2.75) is 51.6 Å². The lowest BCUT2D eigenvalue weighted by molar-refractivity contribution is 0.415. The van der Waals surface area contributed by atoms with Gasteiger partial charge in [-0.05, 0) is 43.1 Å². The normalized spacial score (nSPS) is 15.3. The molecule has 2 aromatic rings. The third-order valence-corrected chi connectivity index (χ3v) is 4.64. The van der Waals surface area contributed by atoms with Crippen molar-refractivity contribution in [1.82, 2.24) is 15.1 Å². The summed E-state index contributed by atoms with van der Waals surface area (Å²) in [4.78, 5) is 0. The first-order valence-electron chi connectivity index (χ1n) is 8.36. The van der Waals surface area contributed by atoms with Gasteiger partial charge in [0.05, 0.1) is 6.54 Å². The third-order valence-electron chi connectivity index (χ3n) is 4.42. The van der Waals surface area contributed by atoms with Gasteiger partial charge in [-0.15, -0.1) is 0 Å². The number of anilines is 1. The zero-order chi connectivity index (χ0) is 16.1. The van der Waals surface area contributed by atoms with Gasteiger partial charge in [0, 0.05) is 18.3 Å². The number of aromatic nitrogens is 2. The van der Waals surface area contributed by atoms with E-state index in [1.165, 1.54) is 43.2 Å². The molecule has 0 spiro atoms. The van der Waals surface area contributed by atoms with Crippen molar-refractivity contribution in [3.05, 3.63) is 47.7 Å². The van der Waals surface area contributed by atoms with Crippen LogP contribution in [0.2, 0.25) is 0 Å². The van der Waals surface area contributed by atoms with Crippen LogP contribution in [0.4, 0.5) is 5.82 Å². The average Bonchev–Trinajstić information content (AvgIpc) is 2.97. The van der Waals surface area contributed by atoms with Gasteiger partial charge in [-0.2, -0.15) is 5.10 Å². The maximum absolute atomic E-state index is 5.41. The number of nitrogens with zero attached hydrogens (tertiary/aromatic N) is 2. The number of hydrogen-bond acceptors (Lipinski definition) is 2. The Morgan fingerprint density at radius 1 is 1.22 bits per heavy atom. The van der Waals surface area contributed by atoms with Gasteiger partial charge >= 0.3 is 0 Å². The molecule has 0 saturated heterocycles. The summed E-state index contributed by atoms with van der Waals surface area (Å²) in [5.74, 6) is 0.798. The topological polar surface area (TPSA) is 41.9 Å². The van der Waals surface area contributed by atoms with E-state index in [4.69, 9.17) is 12.2 Å². The molecule has 0 bridgehead atoms. The van der Waals surface area contributed by atoms with Gasteiger partial charge in [0.2, 0.25) is 0 Å². The zero-order valence-corrected chi connectivity index (χ0v) is 14.4. The fourth-order valence-corrected chi connectivity index (χ4v) is 3.33. The van der Waals surface area contributed by atoms with E-state index in [0.29, 0.717) is 11.2 Å². The second-order valence-corrected chi connectivity index (χ2v) is 6.67. The molecule has 1 heterocycles. The van der Waals surface area contributed by atoms with Crippen molar-refractivity contribution in [2.24, 2.45) is 0 Å². The molecule has 1 aliphatic rings. The van der Waals surface area contributed by atoms with Gasteiger partial charge in [0.15, 0.2) is 10.9 Å². The summed E-state index contributed by atoms with van der Waals surface area (Å²) in [5, 5.41) is 11.8. The summed E-state index contributed by atoms with van der Waals surface area (Å²) in [7, 11) is 0. The number of rotatable bonds is 4. The Hall–Kier alpha value is -1.88. The predicted molar refractivity (Wildman–Crippen MR) is 98.7 cm³/mol. The second kappa shape index (κ2) is 7.59. The molecular weight excluding hydrogens is 304 g/mol. The quantitative estimate of drug-likeness (QED) is 0.836. The Kier molecular flexibility index (Phi) is 5.28. The van der Waals surface area contributed by atoms with Crippen LogP contribution in [0.3, 0.4) is 0 Å². The van der Waals surface area contributed by atoms with Gasteiger partial charge < -0.3 is 10.6 Å². The highest BCUT2D eigenvalue weighted by atomic mass is 32.1. The monoisotopic (exact) mass is 328 g/mol. The minimum Gasteiger partial charge on any atom is -0.360 e. The molecule has 0 atom stereocenters. The standard InChI is InChI=1S/C18H24N4S/c1-14-7-5-6-8-15(14)13-22-12-11-17(21-22)20-18(23)19-16-9-3-2-4-10-16/h5-8,11-12,16H,2-4,9-10,13H2,1H3,(H2,19,20,21,23). The number of aryl methyl sites for hydroxylation is 1. The number of nitrogens with one attached hydrogen (secondary N) is 2. The van der Waals surface area contributed by atoms with Crippen LogP contribution in [-0.2, 0) is 6.54 Å². The first kappa shape index (κ1) is 16.0. The van der Waals surface area contributed by atoms with Crippen molar-refractivity contribution in [3.8, 4) is 0 Å². The molecule has 1 fully saturated rings.